The maximum Gasteiger partial charge on any atom is 0.254 e. The summed E-state index contributed by atoms with van der Waals surface area (Å²) in [4.78, 5) is 27.1. The summed E-state index contributed by atoms with van der Waals surface area (Å²) in [7, 11) is 1.54. The van der Waals surface area contributed by atoms with Crippen molar-refractivity contribution in [1.29, 1.82) is 0 Å². The zero-order valence-corrected chi connectivity index (χ0v) is 18.6. The first-order valence-corrected chi connectivity index (χ1v) is 10.5. The number of carbonyl (C=O) groups is 2. The van der Waals surface area contributed by atoms with Gasteiger partial charge in [-0.2, -0.15) is 0 Å². The highest BCUT2D eigenvalue weighted by molar-refractivity contribution is 6.00. The summed E-state index contributed by atoms with van der Waals surface area (Å²) in [6.07, 6.45) is 0. The molecule has 0 aliphatic rings. The molecule has 166 valence electrons. The standard InChI is InChI=1S/C26H28N2O4/c1-4-28(17-25(29)27-23-13-5-6-14-24(23)31-3)26(30)21-11-8-12-22(16-21)32-18-20-10-7-9-19(2)15-20/h5-16H,4,17-18H2,1-3H3,(H,27,29). The summed E-state index contributed by atoms with van der Waals surface area (Å²) in [5, 5.41) is 2.80. The van der Waals surface area contributed by atoms with Crippen molar-refractivity contribution in [1.82, 2.24) is 4.90 Å². The monoisotopic (exact) mass is 432 g/mol. The van der Waals surface area contributed by atoms with E-state index in [2.05, 4.69) is 11.4 Å². The van der Waals surface area contributed by atoms with E-state index in [1.54, 1.807) is 37.4 Å². The Morgan fingerprint density at radius 1 is 0.969 bits per heavy atom. The highest BCUT2D eigenvalue weighted by atomic mass is 16.5. The molecule has 0 fully saturated rings. The molecule has 3 aromatic rings. The molecule has 0 aliphatic carbocycles. The van der Waals surface area contributed by atoms with Crippen molar-refractivity contribution in [2.75, 3.05) is 25.5 Å². The fraction of sp³-hybridized carbons (Fsp3) is 0.231. The lowest BCUT2D eigenvalue weighted by molar-refractivity contribution is -0.116. The Kier molecular flexibility index (Phi) is 7.86. The minimum absolute atomic E-state index is 0.0677. The Bertz CT molecular complexity index is 1080. The van der Waals surface area contributed by atoms with E-state index in [-0.39, 0.29) is 18.4 Å². The number of hydrogen-bond donors (Lipinski definition) is 1. The van der Waals surface area contributed by atoms with Crippen molar-refractivity contribution < 1.29 is 19.1 Å². The summed E-state index contributed by atoms with van der Waals surface area (Å²) >= 11 is 0. The van der Waals surface area contributed by atoms with E-state index in [9.17, 15) is 9.59 Å². The van der Waals surface area contributed by atoms with Gasteiger partial charge in [0.15, 0.2) is 0 Å². The van der Waals surface area contributed by atoms with E-state index in [0.29, 0.717) is 35.9 Å². The number of para-hydroxylation sites is 2. The van der Waals surface area contributed by atoms with Crippen LogP contribution in [-0.4, -0.2) is 36.9 Å². The number of amides is 2. The van der Waals surface area contributed by atoms with Gasteiger partial charge in [0.2, 0.25) is 5.91 Å². The number of anilines is 1. The molecule has 32 heavy (non-hydrogen) atoms. The van der Waals surface area contributed by atoms with Gasteiger partial charge in [0.05, 0.1) is 12.8 Å². The number of nitrogens with one attached hydrogen (secondary N) is 1. The number of likely N-dealkylation sites (N-methyl/N-ethyl adjacent to an activating group) is 1. The predicted octanol–water partition coefficient (Wildman–Crippen LogP) is 4.68. The highest BCUT2D eigenvalue weighted by Gasteiger charge is 2.18. The molecule has 6 nitrogen and oxygen atoms in total. The first kappa shape index (κ1) is 22.9. The number of methoxy groups -OCH3 is 1. The zero-order chi connectivity index (χ0) is 22.9. The van der Waals surface area contributed by atoms with Gasteiger partial charge in [-0.1, -0.05) is 48.0 Å². The van der Waals surface area contributed by atoms with E-state index >= 15 is 0 Å². The van der Waals surface area contributed by atoms with Gasteiger partial charge in [0.1, 0.15) is 24.7 Å². The number of aryl methyl sites for hydroxylation is 1. The summed E-state index contributed by atoms with van der Waals surface area (Å²) < 4.78 is 11.1. The second-order valence-corrected chi connectivity index (χ2v) is 7.37. The summed E-state index contributed by atoms with van der Waals surface area (Å²) in [6.45, 7) is 4.62. The van der Waals surface area contributed by atoms with E-state index in [4.69, 9.17) is 9.47 Å². The molecule has 0 spiro atoms. The molecule has 0 radical (unpaired) electrons. The maximum absolute atomic E-state index is 13.0. The van der Waals surface area contributed by atoms with E-state index < -0.39 is 0 Å². The number of rotatable bonds is 9. The largest absolute Gasteiger partial charge is 0.495 e. The fourth-order valence-corrected chi connectivity index (χ4v) is 3.31. The lowest BCUT2D eigenvalue weighted by Crippen LogP contribution is -2.37. The van der Waals surface area contributed by atoms with Gasteiger partial charge in [-0.05, 0) is 49.7 Å². The molecule has 0 bridgehead atoms. The van der Waals surface area contributed by atoms with Crippen LogP contribution in [0.4, 0.5) is 5.69 Å². The molecule has 6 heteroatoms. The number of nitrogens with zero attached hydrogens (tertiary/aromatic N) is 1. The Hall–Kier alpha value is -3.80. The molecule has 3 rings (SSSR count). The Balaban J connectivity index is 1.64. The average Bonchev–Trinajstić information content (AvgIpc) is 2.81. The molecule has 0 heterocycles. The molecular weight excluding hydrogens is 404 g/mol. The Morgan fingerprint density at radius 2 is 1.75 bits per heavy atom. The Morgan fingerprint density at radius 3 is 2.50 bits per heavy atom. The van der Waals surface area contributed by atoms with E-state index in [0.717, 1.165) is 5.56 Å². The van der Waals surface area contributed by atoms with Crippen molar-refractivity contribution in [3.05, 3.63) is 89.5 Å². The van der Waals surface area contributed by atoms with Crippen LogP contribution in [0, 0.1) is 6.92 Å². The number of ether oxygens (including phenoxy) is 2. The summed E-state index contributed by atoms with van der Waals surface area (Å²) in [6, 6.07) is 22.3. The van der Waals surface area contributed by atoms with Crippen molar-refractivity contribution in [3.8, 4) is 11.5 Å². The van der Waals surface area contributed by atoms with Crippen LogP contribution >= 0.6 is 0 Å². The van der Waals surface area contributed by atoms with Crippen LogP contribution in [0.25, 0.3) is 0 Å². The van der Waals surface area contributed by atoms with Gasteiger partial charge in [0, 0.05) is 12.1 Å². The maximum atomic E-state index is 13.0. The second kappa shape index (κ2) is 11.0. The predicted molar refractivity (Wildman–Crippen MR) is 125 cm³/mol. The average molecular weight is 433 g/mol. The third kappa shape index (κ3) is 6.11. The molecule has 0 aliphatic heterocycles. The smallest absolute Gasteiger partial charge is 0.254 e. The fourth-order valence-electron chi connectivity index (χ4n) is 3.31. The van der Waals surface area contributed by atoms with Crippen LogP contribution in [0.15, 0.2) is 72.8 Å². The van der Waals surface area contributed by atoms with Gasteiger partial charge in [-0.3, -0.25) is 9.59 Å². The summed E-state index contributed by atoms with van der Waals surface area (Å²) in [5.74, 6) is 0.640. The molecule has 0 saturated carbocycles. The first-order valence-electron chi connectivity index (χ1n) is 10.5. The van der Waals surface area contributed by atoms with Gasteiger partial charge in [-0.15, -0.1) is 0 Å². The molecule has 3 aromatic carbocycles. The lowest BCUT2D eigenvalue weighted by atomic mass is 10.1. The molecule has 0 unspecified atom stereocenters. The second-order valence-electron chi connectivity index (χ2n) is 7.37. The molecule has 0 aromatic heterocycles. The van der Waals surface area contributed by atoms with Crippen molar-refractivity contribution >= 4 is 17.5 Å². The van der Waals surface area contributed by atoms with E-state index in [1.807, 2.05) is 50.2 Å². The van der Waals surface area contributed by atoms with Gasteiger partial charge < -0.3 is 19.7 Å². The number of hydrogen-bond acceptors (Lipinski definition) is 4. The van der Waals surface area contributed by atoms with Crippen LogP contribution in [-0.2, 0) is 11.4 Å². The zero-order valence-electron chi connectivity index (χ0n) is 18.6. The van der Waals surface area contributed by atoms with Crippen molar-refractivity contribution in [2.45, 2.75) is 20.5 Å². The van der Waals surface area contributed by atoms with Gasteiger partial charge in [0.25, 0.3) is 5.91 Å². The summed E-state index contributed by atoms with van der Waals surface area (Å²) in [5.41, 5.74) is 3.26. The SMILES string of the molecule is CCN(CC(=O)Nc1ccccc1OC)C(=O)c1cccc(OCc2cccc(C)c2)c1. The Labute approximate surface area is 188 Å². The van der Waals surface area contributed by atoms with Crippen molar-refractivity contribution in [3.63, 3.8) is 0 Å². The van der Waals surface area contributed by atoms with Crippen LogP contribution in [0.1, 0.15) is 28.4 Å². The lowest BCUT2D eigenvalue weighted by Gasteiger charge is -2.21. The third-order valence-electron chi connectivity index (χ3n) is 4.95. The first-order chi connectivity index (χ1) is 15.5. The molecule has 0 atom stereocenters. The van der Waals surface area contributed by atoms with Crippen LogP contribution in [0.5, 0.6) is 11.5 Å². The number of benzene rings is 3. The molecule has 2 amide bonds. The van der Waals surface area contributed by atoms with E-state index in [1.165, 1.54) is 10.5 Å². The molecule has 0 saturated heterocycles. The quantitative estimate of drug-likeness (QED) is 0.533. The van der Waals surface area contributed by atoms with Crippen LogP contribution in [0.3, 0.4) is 0 Å². The normalized spacial score (nSPS) is 10.3. The van der Waals surface area contributed by atoms with Crippen molar-refractivity contribution in [2.24, 2.45) is 0 Å². The van der Waals surface area contributed by atoms with Crippen LogP contribution < -0.4 is 14.8 Å². The van der Waals surface area contributed by atoms with Gasteiger partial charge in [-0.25, -0.2) is 0 Å². The minimum atomic E-state index is -0.295. The number of carbonyl (C=O) groups excluding carboxylic acids is 2. The highest BCUT2D eigenvalue weighted by Crippen LogP contribution is 2.23. The topological polar surface area (TPSA) is 67.9 Å². The van der Waals surface area contributed by atoms with Gasteiger partial charge >= 0.3 is 0 Å². The minimum Gasteiger partial charge on any atom is -0.495 e. The molecular formula is C26H28N2O4. The molecule has 1 N–H and O–H groups in total. The van der Waals surface area contributed by atoms with Crippen LogP contribution in [0.2, 0.25) is 0 Å². The third-order valence-corrected chi connectivity index (χ3v) is 4.95.